The third kappa shape index (κ3) is 2.73. The summed E-state index contributed by atoms with van der Waals surface area (Å²) in [6.45, 7) is 0. The lowest BCUT2D eigenvalue weighted by Crippen LogP contribution is -1.94. The normalized spacial score (nSPS) is 12.9. The van der Waals surface area contributed by atoms with Gasteiger partial charge in [-0.2, -0.15) is 0 Å². The molecule has 59 valence electrons. The molecule has 1 radical (unpaired) electrons. The van der Waals surface area contributed by atoms with E-state index in [0.717, 1.165) is 5.56 Å². The highest BCUT2D eigenvalue weighted by atomic mass is 35.5. The first-order chi connectivity index (χ1) is 5.34. The predicted octanol–water partition coefficient (Wildman–Crippen LogP) is 3.10. The number of halogens is 1. The van der Waals surface area contributed by atoms with Gasteiger partial charge in [-0.25, -0.2) is 0 Å². The second-order valence-corrected chi connectivity index (χ2v) is 2.66. The first-order valence-corrected chi connectivity index (χ1v) is 4.23. The Morgan fingerprint density at radius 2 is 2.00 bits per heavy atom. The highest BCUT2D eigenvalue weighted by Crippen LogP contribution is 2.20. The molecule has 0 saturated carbocycles. The van der Waals surface area contributed by atoms with Crippen molar-refractivity contribution >= 4 is 24.2 Å². The molecule has 1 unspecified atom stereocenters. The van der Waals surface area contributed by atoms with Crippen LogP contribution in [0.2, 0.25) is 0 Å². The van der Waals surface area contributed by atoms with E-state index in [4.69, 9.17) is 29.0 Å². The zero-order valence-corrected chi connectivity index (χ0v) is 7.44. The molecular formula is C8H8ClOS. The van der Waals surface area contributed by atoms with Crippen LogP contribution >= 0.6 is 24.2 Å². The Hall–Kier alpha value is -0.180. The average molecular weight is 188 g/mol. The molecule has 0 heterocycles. The van der Waals surface area contributed by atoms with Crippen molar-refractivity contribution in [1.29, 1.82) is 0 Å². The number of hydrogen-bond donors (Lipinski definition) is 0. The Morgan fingerprint density at radius 3 is 2.55 bits per heavy atom. The molecule has 0 aliphatic rings. The fourth-order valence-electron chi connectivity index (χ4n) is 0.764. The maximum Gasteiger partial charge on any atom is 0.140 e. The molecule has 0 aromatic heterocycles. The van der Waals surface area contributed by atoms with Gasteiger partial charge in [0.15, 0.2) is 0 Å². The van der Waals surface area contributed by atoms with E-state index in [1.807, 2.05) is 30.3 Å². The van der Waals surface area contributed by atoms with Crippen molar-refractivity contribution in [3.05, 3.63) is 35.9 Å². The number of hydrogen-bond acceptors (Lipinski definition) is 1. The van der Waals surface area contributed by atoms with E-state index < -0.39 is 0 Å². The Labute approximate surface area is 76.7 Å². The van der Waals surface area contributed by atoms with Crippen LogP contribution in [-0.2, 0) is 4.74 Å². The van der Waals surface area contributed by atoms with Gasteiger partial charge in [-0.3, -0.25) is 0 Å². The van der Waals surface area contributed by atoms with Gasteiger partial charge in [0.2, 0.25) is 0 Å². The third-order valence-corrected chi connectivity index (χ3v) is 1.82. The summed E-state index contributed by atoms with van der Waals surface area (Å²) in [6, 6.07) is 9.77. The Bertz CT molecular complexity index is 203. The van der Waals surface area contributed by atoms with E-state index >= 15 is 0 Å². The lowest BCUT2D eigenvalue weighted by molar-refractivity contribution is 0.158. The molecule has 1 aromatic carbocycles. The minimum Gasteiger partial charge on any atom is -0.346 e. The SMILES string of the molecule is [S]C(OCCl)c1ccccc1. The quantitative estimate of drug-likeness (QED) is 0.661. The van der Waals surface area contributed by atoms with E-state index in [9.17, 15) is 0 Å². The van der Waals surface area contributed by atoms with Gasteiger partial charge in [-0.1, -0.05) is 54.6 Å². The maximum absolute atomic E-state index is 5.36. The Kier molecular flexibility index (Phi) is 3.77. The molecule has 0 fully saturated rings. The summed E-state index contributed by atoms with van der Waals surface area (Å²) in [4.78, 5) is 0. The second-order valence-electron chi connectivity index (χ2n) is 2.02. The fourth-order valence-corrected chi connectivity index (χ4v) is 1.19. The fraction of sp³-hybridized carbons (Fsp3) is 0.250. The molecule has 1 rings (SSSR count). The van der Waals surface area contributed by atoms with Gasteiger partial charge in [-0.05, 0) is 5.56 Å². The van der Waals surface area contributed by atoms with E-state index in [-0.39, 0.29) is 11.5 Å². The topological polar surface area (TPSA) is 9.23 Å². The molecule has 0 saturated heterocycles. The zero-order valence-electron chi connectivity index (χ0n) is 5.87. The lowest BCUT2D eigenvalue weighted by Gasteiger charge is -2.07. The van der Waals surface area contributed by atoms with Crippen molar-refractivity contribution in [2.75, 3.05) is 6.07 Å². The van der Waals surface area contributed by atoms with Crippen molar-refractivity contribution in [1.82, 2.24) is 0 Å². The zero-order chi connectivity index (χ0) is 8.10. The van der Waals surface area contributed by atoms with Gasteiger partial charge < -0.3 is 4.74 Å². The summed E-state index contributed by atoms with van der Waals surface area (Å²) in [6.07, 6.45) is 0. The monoisotopic (exact) mass is 187 g/mol. The minimum atomic E-state index is -0.325. The minimum absolute atomic E-state index is 0.142. The van der Waals surface area contributed by atoms with Gasteiger partial charge in [0.1, 0.15) is 11.5 Å². The summed E-state index contributed by atoms with van der Waals surface area (Å²) < 4.78 is 5.01. The van der Waals surface area contributed by atoms with Crippen LogP contribution in [0.3, 0.4) is 0 Å². The summed E-state index contributed by atoms with van der Waals surface area (Å²) in [7, 11) is 0. The van der Waals surface area contributed by atoms with E-state index in [1.165, 1.54) is 0 Å². The van der Waals surface area contributed by atoms with E-state index in [2.05, 4.69) is 0 Å². The van der Waals surface area contributed by atoms with Crippen LogP contribution < -0.4 is 0 Å². The van der Waals surface area contributed by atoms with Gasteiger partial charge in [0, 0.05) is 0 Å². The molecule has 0 spiro atoms. The van der Waals surface area contributed by atoms with Crippen LogP contribution in [0.1, 0.15) is 11.0 Å². The standard InChI is InChI=1S/C8H8ClOS/c9-6-10-8(11)7-4-2-1-3-5-7/h1-5,8H,6H2. The molecule has 1 nitrogen and oxygen atoms in total. The average Bonchev–Trinajstić information content (AvgIpc) is 2.07. The van der Waals surface area contributed by atoms with Gasteiger partial charge in [0.05, 0.1) is 0 Å². The van der Waals surface area contributed by atoms with Gasteiger partial charge in [-0.15, -0.1) is 0 Å². The van der Waals surface area contributed by atoms with Crippen molar-refractivity contribution in [3.63, 3.8) is 0 Å². The summed E-state index contributed by atoms with van der Waals surface area (Å²) in [5.74, 6) is 0. The number of rotatable bonds is 3. The Morgan fingerprint density at radius 1 is 1.36 bits per heavy atom. The van der Waals surface area contributed by atoms with E-state index in [0.29, 0.717) is 0 Å². The second kappa shape index (κ2) is 4.65. The smallest absolute Gasteiger partial charge is 0.140 e. The van der Waals surface area contributed by atoms with Crippen LogP contribution in [0, 0.1) is 0 Å². The van der Waals surface area contributed by atoms with Crippen LogP contribution in [0.25, 0.3) is 0 Å². The summed E-state index contributed by atoms with van der Waals surface area (Å²) >= 11 is 10.4. The molecule has 0 amide bonds. The number of alkyl halides is 1. The summed E-state index contributed by atoms with van der Waals surface area (Å²) in [5, 5.41) is 0. The van der Waals surface area contributed by atoms with Crippen LogP contribution in [0.4, 0.5) is 0 Å². The lowest BCUT2D eigenvalue weighted by atomic mass is 10.2. The third-order valence-electron chi connectivity index (χ3n) is 1.29. The van der Waals surface area contributed by atoms with Gasteiger partial charge >= 0.3 is 0 Å². The van der Waals surface area contributed by atoms with Gasteiger partial charge in [0.25, 0.3) is 0 Å². The van der Waals surface area contributed by atoms with Crippen LogP contribution in [0.15, 0.2) is 30.3 Å². The first-order valence-electron chi connectivity index (χ1n) is 3.23. The molecule has 3 heteroatoms. The predicted molar refractivity (Wildman–Crippen MR) is 48.6 cm³/mol. The molecule has 0 N–H and O–H groups in total. The highest BCUT2D eigenvalue weighted by Gasteiger charge is 2.04. The number of benzene rings is 1. The molecular weight excluding hydrogens is 180 g/mol. The molecule has 1 aromatic rings. The molecule has 0 aliphatic carbocycles. The largest absolute Gasteiger partial charge is 0.346 e. The summed E-state index contributed by atoms with van der Waals surface area (Å²) in [5.41, 5.74) is 0.650. The molecule has 0 bridgehead atoms. The maximum atomic E-state index is 5.36. The molecule has 1 atom stereocenters. The Balaban J connectivity index is 2.61. The first kappa shape index (κ1) is 8.91. The van der Waals surface area contributed by atoms with Crippen molar-refractivity contribution in [3.8, 4) is 0 Å². The highest BCUT2D eigenvalue weighted by molar-refractivity contribution is 7.80. The number of ether oxygens (including phenoxy) is 1. The van der Waals surface area contributed by atoms with Crippen molar-refractivity contribution < 1.29 is 4.74 Å². The molecule has 0 aliphatic heterocycles. The van der Waals surface area contributed by atoms with Crippen molar-refractivity contribution in [2.45, 2.75) is 5.44 Å². The van der Waals surface area contributed by atoms with Crippen LogP contribution in [-0.4, -0.2) is 6.07 Å². The van der Waals surface area contributed by atoms with Crippen LogP contribution in [0.5, 0.6) is 0 Å². The van der Waals surface area contributed by atoms with Crippen molar-refractivity contribution in [2.24, 2.45) is 0 Å². The molecule has 11 heavy (non-hydrogen) atoms. The van der Waals surface area contributed by atoms with E-state index in [1.54, 1.807) is 0 Å².